The summed E-state index contributed by atoms with van der Waals surface area (Å²) in [5.41, 5.74) is 6.22. The number of para-hydroxylation sites is 1. The highest BCUT2D eigenvalue weighted by atomic mass is 19.3. The predicted octanol–water partition coefficient (Wildman–Crippen LogP) is 3.16. The van der Waals surface area contributed by atoms with E-state index in [0.717, 1.165) is 0 Å². The van der Waals surface area contributed by atoms with Gasteiger partial charge >= 0.3 is 11.9 Å². The Hall–Kier alpha value is -4.10. The second-order valence-corrected chi connectivity index (χ2v) is 10.9. The standard InChI is InChI=1S/C31H40F2N4O7/c1-20(34)29(41)37-25(15-21-17-35-19-36-21)30(42)44-27-16-26(38)23(11-7-2-3-8-12-28(39)40)24(27)13-14-31(32,33)18-43-22-9-5-4-6-10-22/h2,4-7,9-10,13-14,17,19-20,23-27,38H,3,8,11-12,15-16,18,34H2,1H3,(H,35,36)(H,37,41)(H,39,40)/b7-2-,14-13+/t20-,23+,24+,25-,26-,27+/m0/s1. The van der Waals surface area contributed by atoms with E-state index in [-0.39, 0.29) is 31.4 Å². The van der Waals surface area contributed by atoms with Crippen LogP contribution in [0.2, 0.25) is 0 Å². The lowest BCUT2D eigenvalue weighted by Gasteiger charge is -2.25. The third-order valence-electron chi connectivity index (χ3n) is 7.23. The molecule has 1 fully saturated rings. The molecule has 0 unspecified atom stereocenters. The van der Waals surface area contributed by atoms with Crippen molar-refractivity contribution in [3.05, 3.63) is 72.9 Å². The van der Waals surface area contributed by atoms with Gasteiger partial charge in [0, 0.05) is 37.1 Å². The van der Waals surface area contributed by atoms with Gasteiger partial charge in [-0.25, -0.2) is 9.78 Å². The molecule has 0 bridgehead atoms. The van der Waals surface area contributed by atoms with Crippen molar-refractivity contribution in [3.63, 3.8) is 0 Å². The number of nitrogens with two attached hydrogens (primary N) is 1. The Morgan fingerprint density at radius 2 is 2.00 bits per heavy atom. The second kappa shape index (κ2) is 16.7. The van der Waals surface area contributed by atoms with Crippen molar-refractivity contribution in [1.82, 2.24) is 15.3 Å². The monoisotopic (exact) mass is 618 g/mol. The van der Waals surface area contributed by atoms with E-state index in [2.05, 4.69) is 15.3 Å². The molecule has 1 aromatic heterocycles. The number of allylic oxidation sites excluding steroid dienone is 2. The molecule has 1 aromatic carbocycles. The first-order valence-electron chi connectivity index (χ1n) is 14.5. The Bertz CT molecular complexity index is 1250. The number of rotatable bonds is 17. The van der Waals surface area contributed by atoms with Gasteiger partial charge in [0.25, 0.3) is 5.92 Å². The Labute approximate surface area is 254 Å². The highest BCUT2D eigenvalue weighted by Gasteiger charge is 2.44. The van der Waals surface area contributed by atoms with Gasteiger partial charge in [-0.3, -0.25) is 9.59 Å². The highest BCUT2D eigenvalue weighted by Crippen LogP contribution is 2.39. The van der Waals surface area contributed by atoms with Crippen LogP contribution in [-0.2, 0) is 25.5 Å². The average molecular weight is 619 g/mol. The van der Waals surface area contributed by atoms with Gasteiger partial charge in [0.05, 0.1) is 18.5 Å². The number of nitrogens with zero attached hydrogens (tertiary/aromatic N) is 1. The normalized spacial score (nSPS) is 21.8. The zero-order valence-electron chi connectivity index (χ0n) is 24.5. The Balaban J connectivity index is 1.77. The van der Waals surface area contributed by atoms with Gasteiger partial charge in [-0.15, -0.1) is 0 Å². The molecule has 1 amide bonds. The lowest BCUT2D eigenvalue weighted by Crippen LogP contribution is -2.49. The highest BCUT2D eigenvalue weighted by molar-refractivity contribution is 5.87. The minimum atomic E-state index is -3.37. The fraction of sp³-hybridized carbons (Fsp3) is 0.484. The third kappa shape index (κ3) is 11.2. The van der Waals surface area contributed by atoms with Crippen LogP contribution in [0.15, 0.2) is 67.2 Å². The van der Waals surface area contributed by atoms with Crippen LogP contribution in [-0.4, -0.2) is 74.8 Å². The number of imidazole rings is 1. The summed E-state index contributed by atoms with van der Waals surface area (Å²) in [7, 11) is 0. The van der Waals surface area contributed by atoms with Crippen LogP contribution in [0.1, 0.15) is 44.7 Å². The number of H-pyrrole nitrogens is 1. The summed E-state index contributed by atoms with van der Waals surface area (Å²) in [6.07, 6.45) is 7.67. The quantitative estimate of drug-likeness (QED) is 0.101. The number of alkyl halides is 2. The molecule has 0 radical (unpaired) electrons. The van der Waals surface area contributed by atoms with Crippen LogP contribution in [0.25, 0.3) is 0 Å². The molecule has 6 N–H and O–H groups in total. The second-order valence-electron chi connectivity index (χ2n) is 10.9. The van der Waals surface area contributed by atoms with Crippen LogP contribution in [0.3, 0.4) is 0 Å². The summed E-state index contributed by atoms with van der Waals surface area (Å²) in [5.74, 6) is -6.76. The van der Waals surface area contributed by atoms with Crippen LogP contribution in [0.5, 0.6) is 5.75 Å². The summed E-state index contributed by atoms with van der Waals surface area (Å²) < 4.78 is 40.8. The van der Waals surface area contributed by atoms with Gasteiger partial charge in [0.2, 0.25) is 5.91 Å². The number of aliphatic carboxylic acids is 1. The molecule has 0 spiro atoms. The summed E-state index contributed by atoms with van der Waals surface area (Å²) in [4.78, 5) is 43.2. The van der Waals surface area contributed by atoms with E-state index in [9.17, 15) is 28.3 Å². The fourth-order valence-corrected chi connectivity index (χ4v) is 4.89. The number of carboxylic acids is 1. The van der Waals surface area contributed by atoms with E-state index in [4.69, 9.17) is 20.3 Å². The molecule has 11 nitrogen and oxygen atoms in total. The summed E-state index contributed by atoms with van der Waals surface area (Å²) in [6.45, 7) is 0.542. The van der Waals surface area contributed by atoms with Crippen LogP contribution < -0.4 is 15.8 Å². The number of esters is 1. The molecular weight excluding hydrogens is 578 g/mol. The smallest absolute Gasteiger partial charge is 0.329 e. The summed E-state index contributed by atoms with van der Waals surface area (Å²) in [5, 5.41) is 22.3. The molecule has 0 aliphatic heterocycles. The number of carbonyl (C=O) groups is 3. The van der Waals surface area contributed by atoms with Gasteiger partial charge < -0.3 is 35.7 Å². The number of unbranched alkanes of at least 4 members (excludes halogenated alkanes) is 1. The molecule has 1 aliphatic rings. The maximum absolute atomic E-state index is 14.9. The molecule has 1 heterocycles. The molecule has 0 saturated heterocycles. The minimum absolute atomic E-state index is 0.0115. The van der Waals surface area contributed by atoms with E-state index in [0.29, 0.717) is 24.6 Å². The molecule has 2 aromatic rings. The van der Waals surface area contributed by atoms with Crippen molar-refractivity contribution >= 4 is 17.8 Å². The zero-order valence-corrected chi connectivity index (χ0v) is 24.5. The van der Waals surface area contributed by atoms with Crippen molar-refractivity contribution < 1.29 is 42.9 Å². The summed E-state index contributed by atoms with van der Waals surface area (Å²) in [6, 6.07) is 6.14. The van der Waals surface area contributed by atoms with Crippen molar-refractivity contribution in [2.75, 3.05) is 6.61 Å². The number of halogens is 2. The number of benzene rings is 1. The van der Waals surface area contributed by atoms with E-state index in [1.165, 1.54) is 25.5 Å². The molecule has 1 aliphatic carbocycles. The number of hydrogen-bond acceptors (Lipinski definition) is 8. The predicted molar refractivity (Wildman–Crippen MR) is 157 cm³/mol. The Morgan fingerprint density at radius 3 is 2.66 bits per heavy atom. The molecular formula is C31H40F2N4O7. The zero-order chi connectivity index (χ0) is 32.1. The van der Waals surface area contributed by atoms with Crippen LogP contribution >= 0.6 is 0 Å². The number of aromatic nitrogens is 2. The lowest BCUT2D eigenvalue weighted by molar-refractivity contribution is -0.154. The van der Waals surface area contributed by atoms with Crippen molar-refractivity contribution in [2.45, 2.75) is 75.7 Å². The van der Waals surface area contributed by atoms with Crippen LogP contribution in [0.4, 0.5) is 8.78 Å². The number of nitrogens with one attached hydrogen (secondary N) is 2. The van der Waals surface area contributed by atoms with Crippen LogP contribution in [0, 0.1) is 11.8 Å². The van der Waals surface area contributed by atoms with Gasteiger partial charge in [-0.05, 0) is 50.3 Å². The number of aromatic amines is 1. The molecule has 13 heteroatoms. The summed E-state index contributed by atoms with van der Waals surface area (Å²) >= 11 is 0. The lowest BCUT2D eigenvalue weighted by atomic mass is 9.89. The van der Waals surface area contributed by atoms with Crippen molar-refractivity contribution in [3.8, 4) is 5.75 Å². The first-order valence-corrected chi connectivity index (χ1v) is 14.5. The number of amides is 1. The maximum atomic E-state index is 14.9. The average Bonchev–Trinajstić information content (AvgIpc) is 3.59. The minimum Gasteiger partial charge on any atom is -0.487 e. The number of ether oxygens (including phenoxy) is 2. The number of carboxylic acid groups (broad SMARTS) is 1. The number of aliphatic hydroxyl groups is 1. The molecule has 240 valence electrons. The largest absolute Gasteiger partial charge is 0.487 e. The fourth-order valence-electron chi connectivity index (χ4n) is 4.89. The van der Waals surface area contributed by atoms with Gasteiger partial charge in [-0.1, -0.05) is 36.4 Å². The molecule has 44 heavy (non-hydrogen) atoms. The Kier molecular flexibility index (Phi) is 13.0. The SMILES string of the molecule is C[C@H](N)C(=O)N[C@@H](Cc1cnc[nH]1)C(=O)O[C@@H]1C[C@H](O)[C@H](C/C=C\CCCC(=O)O)[C@H]1/C=C/C(F)(F)COc1ccccc1. The number of aliphatic hydroxyl groups excluding tert-OH is 1. The van der Waals surface area contributed by atoms with E-state index >= 15 is 0 Å². The first-order chi connectivity index (χ1) is 20.9. The van der Waals surface area contributed by atoms with E-state index in [1.807, 2.05) is 0 Å². The topological polar surface area (TPSA) is 177 Å². The van der Waals surface area contributed by atoms with Gasteiger partial charge in [0.1, 0.15) is 17.9 Å². The third-order valence-corrected chi connectivity index (χ3v) is 7.23. The molecule has 6 atom stereocenters. The van der Waals surface area contributed by atoms with Gasteiger partial charge in [-0.2, -0.15) is 8.78 Å². The number of hydrogen-bond donors (Lipinski definition) is 5. The van der Waals surface area contributed by atoms with Crippen molar-refractivity contribution in [2.24, 2.45) is 17.6 Å². The van der Waals surface area contributed by atoms with E-state index < -0.39 is 66.5 Å². The first kappa shape index (κ1) is 34.4. The number of carbonyl (C=O) groups excluding carboxylic acids is 2. The Morgan fingerprint density at radius 1 is 1.25 bits per heavy atom. The van der Waals surface area contributed by atoms with Gasteiger partial charge in [0.15, 0.2) is 6.61 Å². The maximum Gasteiger partial charge on any atom is 0.329 e. The molecule has 1 saturated carbocycles. The molecule has 3 rings (SSSR count). The van der Waals surface area contributed by atoms with E-state index in [1.54, 1.807) is 42.5 Å². The van der Waals surface area contributed by atoms with Crippen molar-refractivity contribution in [1.29, 1.82) is 0 Å².